The highest BCUT2D eigenvalue weighted by atomic mass is 19.1. The minimum atomic E-state index is -0.990. The SMILES string of the molecule is CC(C)C(NC(=O)c1c(F)cccc1F)C(=O)Nc1ccc(OCc2ccccc2)cc1. The molecule has 0 saturated heterocycles. The van der Waals surface area contributed by atoms with Crippen LogP contribution in [0.5, 0.6) is 5.75 Å². The first-order chi connectivity index (χ1) is 15.3. The highest BCUT2D eigenvalue weighted by Gasteiger charge is 2.27. The molecule has 166 valence electrons. The summed E-state index contributed by atoms with van der Waals surface area (Å²) >= 11 is 0. The van der Waals surface area contributed by atoms with E-state index < -0.39 is 35.1 Å². The van der Waals surface area contributed by atoms with Crippen molar-refractivity contribution in [2.75, 3.05) is 5.32 Å². The van der Waals surface area contributed by atoms with Gasteiger partial charge in [0.2, 0.25) is 5.91 Å². The van der Waals surface area contributed by atoms with E-state index in [0.717, 1.165) is 17.7 Å². The second-order valence-corrected chi connectivity index (χ2v) is 7.58. The Kier molecular flexibility index (Phi) is 7.54. The average molecular weight is 438 g/mol. The Morgan fingerprint density at radius 1 is 0.875 bits per heavy atom. The number of hydrogen-bond acceptors (Lipinski definition) is 3. The highest BCUT2D eigenvalue weighted by molar-refractivity contribution is 6.01. The molecule has 0 aromatic heterocycles. The summed E-state index contributed by atoms with van der Waals surface area (Å²) in [7, 11) is 0. The van der Waals surface area contributed by atoms with E-state index in [4.69, 9.17) is 4.74 Å². The van der Waals surface area contributed by atoms with Crippen LogP contribution in [-0.4, -0.2) is 17.9 Å². The molecule has 1 unspecified atom stereocenters. The summed E-state index contributed by atoms with van der Waals surface area (Å²) in [5.74, 6) is -3.15. The van der Waals surface area contributed by atoms with Crippen LogP contribution in [0.1, 0.15) is 29.8 Å². The van der Waals surface area contributed by atoms with Gasteiger partial charge in [-0.15, -0.1) is 0 Å². The molecule has 0 aliphatic heterocycles. The lowest BCUT2D eigenvalue weighted by Gasteiger charge is -2.22. The summed E-state index contributed by atoms with van der Waals surface area (Å²) in [6.07, 6.45) is 0. The molecule has 32 heavy (non-hydrogen) atoms. The van der Waals surface area contributed by atoms with Gasteiger partial charge in [-0.05, 0) is 47.9 Å². The molecule has 0 radical (unpaired) electrons. The zero-order valence-corrected chi connectivity index (χ0v) is 17.8. The van der Waals surface area contributed by atoms with Crippen molar-refractivity contribution in [3.05, 3.63) is 95.6 Å². The fourth-order valence-electron chi connectivity index (χ4n) is 3.06. The summed E-state index contributed by atoms with van der Waals surface area (Å²) in [4.78, 5) is 25.1. The smallest absolute Gasteiger partial charge is 0.257 e. The van der Waals surface area contributed by atoms with Crippen LogP contribution < -0.4 is 15.4 Å². The number of carbonyl (C=O) groups is 2. The van der Waals surface area contributed by atoms with E-state index in [9.17, 15) is 18.4 Å². The van der Waals surface area contributed by atoms with Gasteiger partial charge in [0.15, 0.2) is 0 Å². The summed E-state index contributed by atoms with van der Waals surface area (Å²) < 4.78 is 33.5. The maximum Gasteiger partial charge on any atom is 0.257 e. The number of anilines is 1. The van der Waals surface area contributed by atoms with E-state index in [1.165, 1.54) is 6.07 Å². The largest absolute Gasteiger partial charge is 0.489 e. The molecule has 1 atom stereocenters. The van der Waals surface area contributed by atoms with Crippen LogP contribution in [0.25, 0.3) is 0 Å². The van der Waals surface area contributed by atoms with Crippen LogP contribution in [0.3, 0.4) is 0 Å². The Bertz CT molecular complexity index is 1050. The van der Waals surface area contributed by atoms with Crippen molar-refractivity contribution < 1.29 is 23.1 Å². The molecule has 0 spiro atoms. The number of amides is 2. The summed E-state index contributed by atoms with van der Waals surface area (Å²) in [5.41, 5.74) is 0.816. The van der Waals surface area contributed by atoms with Gasteiger partial charge in [0, 0.05) is 5.69 Å². The first-order valence-electron chi connectivity index (χ1n) is 10.2. The molecule has 2 N–H and O–H groups in total. The summed E-state index contributed by atoms with van der Waals surface area (Å²) in [6, 6.07) is 18.7. The van der Waals surface area contributed by atoms with E-state index in [1.807, 2.05) is 30.3 Å². The maximum absolute atomic E-state index is 13.9. The van der Waals surface area contributed by atoms with E-state index in [0.29, 0.717) is 18.0 Å². The van der Waals surface area contributed by atoms with Crippen molar-refractivity contribution in [1.29, 1.82) is 0 Å². The Morgan fingerprint density at radius 3 is 2.09 bits per heavy atom. The molecular formula is C25H24F2N2O3. The monoisotopic (exact) mass is 438 g/mol. The van der Waals surface area contributed by atoms with Crippen LogP contribution >= 0.6 is 0 Å². The van der Waals surface area contributed by atoms with Gasteiger partial charge < -0.3 is 15.4 Å². The molecular weight excluding hydrogens is 414 g/mol. The average Bonchev–Trinajstić information content (AvgIpc) is 2.77. The molecule has 0 fully saturated rings. The number of halogens is 2. The standard InChI is InChI=1S/C25H24F2N2O3/c1-16(2)23(29-24(30)22-20(26)9-6-10-21(22)27)25(31)28-18-11-13-19(14-12-18)32-15-17-7-4-3-5-8-17/h3-14,16,23H,15H2,1-2H3,(H,28,31)(H,29,30). The number of hydrogen-bond donors (Lipinski definition) is 2. The van der Waals surface area contributed by atoms with Crippen LogP contribution in [0, 0.1) is 17.6 Å². The van der Waals surface area contributed by atoms with Gasteiger partial charge in [0.1, 0.15) is 35.6 Å². The second kappa shape index (κ2) is 10.5. The third-order valence-corrected chi connectivity index (χ3v) is 4.80. The molecule has 3 aromatic rings. The first kappa shape index (κ1) is 22.9. The van der Waals surface area contributed by atoms with Gasteiger partial charge >= 0.3 is 0 Å². The van der Waals surface area contributed by atoms with Crippen molar-refractivity contribution in [3.63, 3.8) is 0 Å². The zero-order chi connectivity index (χ0) is 23.1. The lowest BCUT2D eigenvalue weighted by atomic mass is 10.0. The lowest BCUT2D eigenvalue weighted by molar-refractivity contribution is -0.118. The number of ether oxygens (including phenoxy) is 1. The number of rotatable bonds is 8. The van der Waals surface area contributed by atoms with E-state index in [1.54, 1.807) is 38.1 Å². The fourth-order valence-corrected chi connectivity index (χ4v) is 3.06. The Balaban J connectivity index is 1.62. The molecule has 2 amide bonds. The maximum atomic E-state index is 13.9. The third-order valence-electron chi connectivity index (χ3n) is 4.80. The molecule has 3 aromatic carbocycles. The highest BCUT2D eigenvalue weighted by Crippen LogP contribution is 2.18. The predicted molar refractivity (Wildman–Crippen MR) is 118 cm³/mol. The van der Waals surface area contributed by atoms with Gasteiger partial charge in [-0.2, -0.15) is 0 Å². The van der Waals surface area contributed by atoms with Gasteiger partial charge in [-0.25, -0.2) is 8.78 Å². The van der Waals surface area contributed by atoms with E-state index in [-0.39, 0.29) is 5.92 Å². The van der Waals surface area contributed by atoms with Crippen LogP contribution in [-0.2, 0) is 11.4 Å². The van der Waals surface area contributed by atoms with Crippen molar-refractivity contribution in [1.82, 2.24) is 5.32 Å². The molecule has 0 heterocycles. The quantitative estimate of drug-likeness (QED) is 0.524. The van der Waals surface area contributed by atoms with Gasteiger partial charge in [-0.1, -0.05) is 50.2 Å². The van der Waals surface area contributed by atoms with Gasteiger partial charge in [-0.3, -0.25) is 9.59 Å². The predicted octanol–water partition coefficient (Wildman–Crippen LogP) is 4.94. The molecule has 0 saturated carbocycles. The Labute approximate surface area is 185 Å². The molecule has 0 bridgehead atoms. The number of benzene rings is 3. The third kappa shape index (κ3) is 5.91. The van der Waals surface area contributed by atoms with Gasteiger partial charge in [0.25, 0.3) is 5.91 Å². The van der Waals surface area contributed by atoms with Crippen molar-refractivity contribution in [2.24, 2.45) is 5.92 Å². The van der Waals surface area contributed by atoms with Gasteiger partial charge in [0.05, 0.1) is 0 Å². The van der Waals surface area contributed by atoms with E-state index in [2.05, 4.69) is 10.6 Å². The molecule has 7 heteroatoms. The molecule has 0 aliphatic rings. The van der Waals surface area contributed by atoms with Crippen LogP contribution in [0.4, 0.5) is 14.5 Å². The lowest BCUT2D eigenvalue weighted by Crippen LogP contribution is -2.47. The first-order valence-corrected chi connectivity index (χ1v) is 10.2. The molecule has 5 nitrogen and oxygen atoms in total. The van der Waals surface area contributed by atoms with E-state index >= 15 is 0 Å². The zero-order valence-electron chi connectivity index (χ0n) is 17.8. The Morgan fingerprint density at radius 2 is 1.50 bits per heavy atom. The fraction of sp³-hybridized carbons (Fsp3) is 0.200. The van der Waals surface area contributed by atoms with Crippen molar-refractivity contribution >= 4 is 17.5 Å². The Hall–Kier alpha value is -3.74. The normalized spacial score (nSPS) is 11.7. The van der Waals surface area contributed by atoms with Crippen molar-refractivity contribution in [3.8, 4) is 5.75 Å². The number of nitrogens with one attached hydrogen (secondary N) is 2. The molecule has 3 rings (SSSR count). The minimum Gasteiger partial charge on any atom is -0.489 e. The van der Waals surface area contributed by atoms with Crippen LogP contribution in [0.15, 0.2) is 72.8 Å². The summed E-state index contributed by atoms with van der Waals surface area (Å²) in [6.45, 7) is 3.87. The minimum absolute atomic E-state index is 0.317. The number of carbonyl (C=O) groups excluding carboxylic acids is 2. The topological polar surface area (TPSA) is 67.4 Å². The molecule has 0 aliphatic carbocycles. The summed E-state index contributed by atoms with van der Waals surface area (Å²) in [5, 5.41) is 5.14. The second-order valence-electron chi connectivity index (χ2n) is 7.58. The van der Waals surface area contributed by atoms with Crippen molar-refractivity contribution in [2.45, 2.75) is 26.5 Å². The van der Waals surface area contributed by atoms with Crippen LogP contribution in [0.2, 0.25) is 0 Å².